The number of aryl methyl sites for hydroxylation is 1. The number of hydrogen-bond acceptors (Lipinski definition) is 5. The molecule has 0 radical (unpaired) electrons. The van der Waals surface area contributed by atoms with Gasteiger partial charge in [0.15, 0.2) is 10.9 Å². The fraction of sp³-hybridized carbons (Fsp3) is 0.158. The molecular formula is C19H18FN5OS2. The predicted molar refractivity (Wildman–Crippen MR) is 111 cm³/mol. The first kappa shape index (κ1) is 20.0. The van der Waals surface area contributed by atoms with Crippen LogP contribution in [-0.4, -0.2) is 25.9 Å². The summed E-state index contributed by atoms with van der Waals surface area (Å²) in [5.74, 6) is 0.136. The molecule has 2 N–H and O–H groups in total. The van der Waals surface area contributed by atoms with E-state index in [9.17, 15) is 9.18 Å². The van der Waals surface area contributed by atoms with Crippen LogP contribution in [0.4, 0.5) is 4.39 Å². The molecule has 0 atom stereocenters. The summed E-state index contributed by atoms with van der Waals surface area (Å²) in [6.07, 6.45) is 0.621. The van der Waals surface area contributed by atoms with Crippen molar-refractivity contribution < 1.29 is 9.18 Å². The zero-order chi connectivity index (χ0) is 19.9. The number of nitrogens with one attached hydrogen (secondary N) is 2. The lowest BCUT2D eigenvalue weighted by atomic mass is 10.2. The second-order valence-corrected chi connectivity index (χ2v) is 7.09. The van der Waals surface area contributed by atoms with E-state index in [1.54, 1.807) is 10.7 Å². The van der Waals surface area contributed by atoms with E-state index in [-0.39, 0.29) is 10.7 Å². The van der Waals surface area contributed by atoms with E-state index in [2.05, 4.69) is 20.9 Å². The maximum Gasteiger partial charge on any atom is 0.260 e. The van der Waals surface area contributed by atoms with E-state index in [0.717, 1.165) is 5.56 Å². The van der Waals surface area contributed by atoms with Crippen molar-refractivity contribution in [2.75, 3.05) is 5.43 Å². The quantitative estimate of drug-likeness (QED) is 0.474. The minimum Gasteiger partial charge on any atom is -0.298 e. The zero-order valence-electron chi connectivity index (χ0n) is 15.1. The topological polar surface area (TPSA) is 71.8 Å². The number of thioether (sulfide) groups is 1. The summed E-state index contributed by atoms with van der Waals surface area (Å²) in [7, 11) is 0. The monoisotopic (exact) mass is 415 g/mol. The van der Waals surface area contributed by atoms with Gasteiger partial charge in [0.1, 0.15) is 5.82 Å². The van der Waals surface area contributed by atoms with Gasteiger partial charge in [0.25, 0.3) is 5.91 Å². The van der Waals surface area contributed by atoms with Crippen LogP contribution in [0.5, 0.6) is 0 Å². The SMILES string of the molecule is CCc1nnc(SCc2ccccc2)n1NC(=S)NC(=O)c1ccccc1F. The third-order valence-corrected chi connectivity index (χ3v) is 4.98. The van der Waals surface area contributed by atoms with E-state index >= 15 is 0 Å². The molecule has 0 fully saturated rings. The van der Waals surface area contributed by atoms with E-state index in [1.807, 2.05) is 37.3 Å². The highest BCUT2D eigenvalue weighted by Crippen LogP contribution is 2.21. The Kier molecular flexibility index (Phi) is 6.72. The lowest BCUT2D eigenvalue weighted by molar-refractivity contribution is 0.0973. The lowest BCUT2D eigenvalue weighted by Crippen LogP contribution is -2.39. The van der Waals surface area contributed by atoms with Gasteiger partial charge in [-0.2, -0.15) is 0 Å². The van der Waals surface area contributed by atoms with Crippen LogP contribution in [0.1, 0.15) is 28.7 Å². The molecule has 1 aromatic heterocycles. The molecule has 9 heteroatoms. The summed E-state index contributed by atoms with van der Waals surface area (Å²) in [5.41, 5.74) is 3.98. The Morgan fingerprint density at radius 2 is 1.86 bits per heavy atom. The molecule has 0 unspecified atom stereocenters. The number of halogens is 1. The number of amides is 1. The Bertz CT molecular complexity index is 977. The molecule has 6 nitrogen and oxygen atoms in total. The maximum atomic E-state index is 13.8. The highest BCUT2D eigenvalue weighted by atomic mass is 32.2. The number of thiocarbonyl (C=S) groups is 1. The molecule has 0 saturated carbocycles. The molecule has 144 valence electrons. The summed E-state index contributed by atoms with van der Waals surface area (Å²) in [5, 5.41) is 11.5. The Labute approximate surface area is 171 Å². The van der Waals surface area contributed by atoms with Crippen molar-refractivity contribution in [2.24, 2.45) is 0 Å². The number of benzene rings is 2. The molecule has 0 aliphatic heterocycles. The number of carbonyl (C=O) groups is 1. The zero-order valence-corrected chi connectivity index (χ0v) is 16.7. The molecule has 0 saturated heterocycles. The van der Waals surface area contributed by atoms with Crippen molar-refractivity contribution in [3.05, 3.63) is 77.4 Å². The summed E-state index contributed by atoms with van der Waals surface area (Å²) in [6, 6.07) is 15.7. The van der Waals surface area contributed by atoms with Crippen LogP contribution in [0.15, 0.2) is 59.8 Å². The molecule has 0 bridgehead atoms. The first-order valence-corrected chi connectivity index (χ1v) is 9.95. The fourth-order valence-electron chi connectivity index (χ4n) is 2.40. The van der Waals surface area contributed by atoms with Crippen LogP contribution in [0, 0.1) is 5.82 Å². The first-order valence-electron chi connectivity index (χ1n) is 8.56. The third kappa shape index (κ3) is 4.93. The number of hydrogen-bond donors (Lipinski definition) is 2. The molecule has 0 spiro atoms. The van der Waals surface area contributed by atoms with Crippen LogP contribution in [-0.2, 0) is 12.2 Å². The Balaban J connectivity index is 1.68. The molecule has 0 aliphatic rings. The molecule has 3 rings (SSSR count). The van der Waals surface area contributed by atoms with Crippen molar-refractivity contribution in [3.63, 3.8) is 0 Å². The Morgan fingerprint density at radius 1 is 1.14 bits per heavy atom. The van der Waals surface area contributed by atoms with Crippen LogP contribution in [0.3, 0.4) is 0 Å². The average molecular weight is 416 g/mol. The number of nitrogens with zero attached hydrogens (tertiary/aromatic N) is 3. The maximum absolute atomic E-state index is 13.8. The fourth-order valence-corrected chi connectivity index (χ4v) is 3.45. The highest BCUT2D eigenvalue weighted by Gasteiger charge is 2.16. The predicted octanol–water partition coefficient (Wildman–Crippen LogP) is 3.53. The molecule has 0 aliphatic carbocycles. The molecule has 1 heterocycles. The van der Waals surface area contributed by atoms with Gasteiger partial charge in [-0.25, -0.2) is 9.07 Å². The molecule has 2 aromatic carbocycles. The molecule has 1 amide bonds. The Morgan fingerprint density at radius 3 is 2.57 bits per heavy atom. The molecule has 3 aromatic rings. The second kappa shape index (κ2) is 9.43. The molecule has 28 heavy (non-hydrogen) atoms. The summed E-state index contributed by atoms with van der Waals surface area (Å²) >= 11 is 6.71. The van der Waals surface area contributed by atoms with Crippen molar-refractivity contribution in [1.82, 2.24) is 20.2 Å². The van der Waals surface area contributed by atoms with Gasteiger partial charge < -0.3 is 0 Å². The van der Waals surface area contributed by atoms with Gasteiger partial charge in [-0.1, -0.05) is 61.2 Å². The van der Waals surface area contributed by atoms with Gasteiger partial charge in [-0.15, -0.1) is 10.2 Å². The minimum atomic E-state index is -0.625. The average Bonchev–Trinajstić information content (AvgIpc) is 3.08. The number of carbonyl (C=O) groups excluding carboxylic acids is 1. The number of aromatic nitrogens is 3. The molecular weight excluding hydrogens is 397 g/mol. The third-order valence-electron chi connectivity index (χ3n) is 3.79. The number of rotatable bonds is 6. The van der Waals surface area contributed by atoms with E-state index < -0.39 is 11.7 Å². The van der Waals surface area contributed by atoms with Crippen LogP contribution in [0.25, 0.3) is 0 Å². The van der Waals surface area contributed by atoms with E-state index in [0.29, 0.717) is 23.2 Å². The highest BCUT2D eigenvalue weighted by molar-refractivity contribution is 7.98. The van der Waals surface area contributed by atoms with Gasteiger partial charge in [0, 0.05) is 12.2 Å². The van der Waals surface area contributed by atoms with Crippen LogP contribution >= 0.6 is 24.0 Å². The van der Waals surface area contributed by atoms with Crippen LogP contribution in [0.2, 0.25) is 0 Å². The van der Waals surface area contributed by atoms with Gasteiger partial charge in [-0.05, 0) is 29.9 Å². The summed E-state index contributed by atoms with van der Waals surface area (Å²) < 4.78 is 15.4. The second-order valence-electron chi connectivity index (χ2n) is 5.74. The van der Waals surface area contributed by atoms with Gasteiger partial charge in [-0.3, -0.25) is 15.5 Å². The standard InChI is InChI=1S/C19H18FN5OS2/c1-2-16-22-23-19(28-12-13-8-4-3-5-9-13)25(16)24-18(27)21-17(26)14-10-6-7-11-15(14)20/h3-11H,2,12H2,1H3,(H2,21,24,26,27). The van der Waals surface area contributed by atoms with Gasteiger partial charge in [0.05, 0.1) is 5.56 Å². The van der Waals surface area contributed by atoms with Crippen molar-refractivity contribution >= 4 is 35.0 Å². The van der Waals surface area contributed by atoms with Crippen molar-refractivity contribution in [3.8, 4) is 0 Å². The summed E-state index contributed by atoms with van der Waals surface area (Å²) in [4.78, 5) is 12.2. The smallest absolute Gasteiger partial charge is 0.260 e. The minimum absolute atomic E-state index is 0.0318. The van der Waals surface area contributed by atoms with Crippen LogP contribution < -0.4 is 10.7 Å². The van der Waals surface area contributed by atoms with Gasteiger partial charge >= 0.3 is 0 Å². The van der Waals surface area contributed by atoms with E-state index in [1.165, 1.54) is 30.0 Å². The van der Waals surface area contributed by atoms with E-state index in [4.69, 9.17) is 12.2 Å². The first-order chi connectivity index (χ1) is 13.6. The Hall–Kier alpha value is -2.78. The lowest BCUT2D eigenvalue weighted by Gasteiger charge is -2.14. The normalized spacial score (nSPS) is 10.5. The summed E-state index contributed by atoms with van der Waals surface area (Å²) in [6.45, 7) is 1.94. The van der Waals surface area contributed by atoms with Crippen molar-refractivity contribution in [1.29, 1.82) is 0 Å². The van der Waals surface area contributed by atoms with Crippen molar-refractivity contribution in [2.45, 2.75) is 24.3 Å². The van der Waals surface area contributed by atoms with Gasteiger partial charge in [0.2, 0.25) is 5.16 Å². The largest absolute Gasteiger partial charge is 0.298 e.